The van der Waals surface area contributed by atoms with Gasteiger partial charge in [0, 0.05) is 37.9 Å². The van der Waals surface area contributed by atoms with Crippen LogP contribution in [0.1, 0.15) is 11.1 Å². The van der Waals surface area contributed by atoms with Crippen molar-refractivity contribution in [2.45, 2.75) is 18.7 Å². The maximum Gasteiger partial charge on any atom is 0.254 e. The van der Waals surface area contributed by atoms with Gasteiger partial charge in [0.1, 0.15) is 0 Å². The number of anilines is 1. The number of rotatable bonds is 4. The van der Waals surface area contributed by atoms with E-state index in [0.29, 0.717) is 42.8 Å². The van der Waals surface area contributed by atoms with E-state index in [9.17, 15) is 8.42 Å². The Morgan fingerprint density at radius 2 is 1.62 bits per heavy atom. The molecule has 1 aliphatic rings. The third-order valence-electron chi connectivity index (χ3n) is 5.72. The minimum absolute atomic E-state index is 0.328. The summed E-state index contributed by atoms with van der Waals surface area (Å²) in [5.41, 5.74) is 4.16. The molecule has 2 aromatic heterocycles. The van der Waals surface area contributed by atoms with E-state index in [2.05, 4.69) is 29.0 Å². The fourth-order valence-corrected chi connectivity index (χ4v) is 5.35. The molecule has 1 saturated heterocycles. The predicted octanol–water partition coefficient (Wildman–Crippen LogP) is 2.92. The molecule has 32 heavy (non-hydrogen) atoms. The Morgan fingerprint density at radius 1 is 0.875 bits per heavy atom. The predicted molar refractivity (Wildman–Crippen MR) is 123 cm³/mol. The Morgan fingerprint density at radius 3 is 2.34 bits per heavy atom. The van der Waals surface area contributed by atoms with E-state index in [-0.39, 0.29) is 0 Å². The van der Waals surface area contributed by atoms with Crippen LogP contribution in [0, 0.1) is 13.8 Å². The molecule has 0 atom stereocenters. The van der Waals surface area contributed by atoms with Crippen LogP contribution >= 0.6 is 0 Å². The van der Waals surface area contributed by atoms with Gasteiger partial charge < -0.3 is 4.90 Å². The molecule has 0 spiro atoms. The highest BCUT2D eigenvalue weighted by atomic mass is 32.2. The standard InChI is InChI=1S/C23H24N6O2S/c1-17-6-8-20(9-7-17)32(30,31)28-14-12-27(13-15-28)23-25-22-24-11-10-21(29(22)26-23)19-5-3-4-18(2)16-19/h3-11,16H,12-15H2,1-2H3. The second kappa shape index (κ2) is 7.99. The Hall–Kier alpha value is -3.30. The van der Waals surface area contributed by atoms with E-state index < -0.39 is 10.0 Å². The first-order chi connectivity index (χ1) is 15.4. The van der Waals surface area contributed by atoms with Crippen LogP contribution in [0.5, 0.6) is 0 Å². The molecular weight excluding hydrogens is 424 g/mol. The monoisotopic (exact) mass is 448 g/mol. The van der Waals surface area contributed by atoms with Gasteiger partial charge in [0.05, 0.1) is 10.6 Å². The molecule has 9 heteroatoms. The topological polar surface area (TPSA) is 83.7 Å². The first-order valence-corrected chi connectivity index (χ1v) is 12.0. The van der Waals surface area contributed by atoms with Crippen molar-refractivity contribution < 1.29 is 8.42 Å². The van der Waals surface area contributed by atoms with Crippen LogP contribution in [-0.2, 0) is 10.0 Å². The van der Waals surface area contributed by atoms with Gasteiger partial charge in [0.15, 0.2) is 0 Å². The SMILES string of the molecule is Cc1ccc(S(=O)(=O)N2CCN(c3nc4nccc(-c5cccc(C)c5)n4n3)CC2)cc1. The van der Waals surface area contributed by atoms with Crippen molar-refractivity contribution in [3.63, 3.8) is 0 Å². The third-order valence-corrected chi connectivity index (χ3v) is 7.64. The maximum absolute atomic E-state index is 13.0. The van der Waals surface area contributed by atoms with E-state index in [0.717, 1.165) is 16.8 Å². The van der Waals surface area contributed by atoms with Crippen LogP contribution < -0.4 is 4.90 Å². The minimum Gasteiger partial charge on any atom is -0.337 e. The highest BCUT2D eigenvalue weighted by Gasteiger charge is 2.30. The van der Waals surface area contributed by atoms with Crippen LogP contribution in [-0.4, -0.2) is 58.5 Å². The van der Waals surface area contributed by atoms with Crippen molar-refractivity contribution in [2.75, 3.05) is 31.1 Å². The number of hydrogen-bond donors (Lipinski definition) is 0. The van der Waals surface area contributed by atoms with Crippen molar-refractivity contribution in [1.82, 2.24) is 23.9 Å². The smallest absolute Gasteiger partial charge is 0.254 e. The van der Waals surface area contributed by atoms with Crippen molar-refractivity contribution >= 4 is 21.7 Å². The molecule has 0 unspecified atom stereocenters. The van der Waals surface area contributed by atoms with Crippen molar-refractivity contribution in [2.24, 2.45) is 0 Å². The molecule has 4 aromatic rings. The van der Waals surface area contributed by atoms with Gasteiger partial charge in [0.2, 0.25) is 16.0 Å². The summed E-state index contributed by atoms with van der Waals surface area (Å²) >= 11 is 0. The average Bonchev–Trinajstić information content (AvgIpc) is 3.24. The number of nitrogens with zero attached hydrogens (tertiary/aromatic N) is 6. The summed E-state index contributed by atoms with van der Waals surface area (Å²) in [7, 11) is -3.51. The number of hydrogen-bond acceptors (Lipinski definition) is 6. The molecule has 3 heterocycles. The van der Waals surface area contributed by atoms with Crippen LogP contribution in [0.15, 0.2) is 65.7 Å². The van der Waals surface area contributed by atoms with E-state index in [4.69, 9.17) is 5.10 Å². The molecule has 0 aliphatic carbocycles. The summed E-state index contributed by atoms with van der Waals surface area (Å²) in [6.45, 7) is 5.78. The number of sulfonamides is 1. The molecule has 1 fully saturated rings. The summed E-state index contributed by atoms with van der Waals surface area (Å²) in [5.74, 6) is 1.08. The first-order valence-electron chi connectivity index (χ1n) is 10.5. The molecule has 0 bridgehead atoms. The zero-order valence-electron chi connectivity index (χ0n) is 18.0. The largest absolute Gasteiger partial charge is 0.337 e. The summed E-state index contributed by atoms with van der Waals surface area (Å²) in [6, 6.07) is 17.1. The van der Waals surface area contributed by atoms with Crippen LogP contribution in [0.3, 0.4) is 0 Å². The van der Waals surface area contributed by atoms with E-state index >= 15 is 0 Å². The second-order valence-electron chi connectivity index (χ2n) is 8.03. The van der Waals surface area contributed by atoms with Gasteiger partial charge in [-0.1, -0.05) is 41.5 Å². The lowest BCUT2D eigenvalue weighted by atomic mass is 10.1. The Balaban J connectivity index is 1.37. The lowest BCUT2D eigenvalue weighted by Gasteiger charge is -2.33. The fraction of sp³-hybridized carbons (Fsp3) is 0.261. The Labute approximate surface area is 187 Å². The van der Waals surface area contributed by atoms with Crippen LogP contribution in [0.2, 0.25) is 0 Å². The molecule has 5 rings (SSSR count). The first kappa shape index (κ1) is 20.6. The quantitative estimate of drug-likeness (QED) is 0.477. The van der Waals surface area contributed by atoms with Gasteiger partial charge in [0.25, 0.3) is 5.78 Å². The van der Waals surface area contributed by atoms with Crippen molar-refractivity contribution in [3.8, 4) is 11.3 Å². The van der Waals surface area contributed by atoms with Gasteiger partial charge in [-0.2, -0.15) is 13.8 Å². The fourth-order valence-electron chi connectivity index (χ4n) is 3.93. The summed E-state index contributed by atoms with van der Waals surface area (Å²) in [6.07, 6.45) is 1.73. The highest BCUT2D eigenvalue weighted by Crippen LogP contribution is 2.23. The van der Waals surface area contributed by atoms with E-state index in [1.807, 2.05) is 42.2 Å². The molecule has 0 saturated carbocycles. The van der Waals surface area contributed by atoms with E-state index in [1.54, 1.807) is 22.8 Å². The second-order valence-corrected chi connectivity index (χ2v) is 9.97. The number of piperazine rings is 1. The lowest BCUT2D eigenvalue weighted by molar-refractivity contribution is 0.382. The van der Waals surface area contributed by atoms with Crippen LogP contribution in [0.25, 0.3) is 17.0 Å². The molecule has 8 nitrogen and oxygen atoms in total. The molecule has 1 aliphatic heterocycles. The van der Waals surface area contributed by atoms with Gasteiger partial charge in [-0.05, 0) is 38.1 Å². The van der Waals surface area contributed by atoms with Crippen molar-refractivity contribution in [3.05, 3.63) is 71.9 Å². The Kier molecular flexibility index (Phi) is 5.15. The summed E-state index contributed by atoms with van der Waals surface area (Å²) in [5, 5.41) is 4.70. The normalized spacial score (nSPS) is 15.4. The number of aryl methyl sites for hydroxylation is 2. The third kappa shape index (κ3) is 3.74. The molecule has 0 N–H and O–H groups in total. The van der Waals surface area contributed by atoms with Crippen LogP contribution in [0.4, 0.5) is 5.95 Å². The highest BCUT2D eigenvalue weighted by molar-refractivity contribution is 7.89. The zero-order valence-corrected chi connectivity index (χ0v) is 18.8. The van der Waals surface area contributed by atoms with Gasteiger partial charge in [-0.3, -0.25) is 0 Å². The number of aromatic nitrogens is 4. The molecule has 0 radical (unpaired) electrons. The van der Waals surface area contributed by atoms with Gasteiger partial charge >= 0.3 is 0 Å². The minimum atomic E-state index is -3.51. The maximum atomic E-state index is 13.0. The molecule has 0 amide bonds. The van der Waals surface area contributed by atoms with E-state index in [1.165, 1.54) is 9.87 Å². The average molecular weight is 449 g/mol. The molecule has 164 valence electrons. The van der Waals surface area contributed by atoms with Crippen molar-refractivity contribution in [1.29, 1.82) is 0 Å². The lowest BCUT2D eigenvalue weighted by Crippen LogP contribution is -2.49. The summed E-state index contributed by atoms with van der Waals surface area (Å²) in [4.78, 5) is 11.3. The summed E-state index contributed by atoms with van der Waals surface area (Å²) < 4.78 is 29.2. The zero-order chi connectivity index (χ0) is 22.3. The Bertz CT molecular complexity index is 1370. The molecule has 2 aromatic carbocycles. The molecular formula is C23H24N6O2S. The van der Waals surface area contributed by atoms with Gasteiger partial charge in [-0.25, -0.2) is 13.4 Å². The van der Waals surface area contributed by atoms with Gasteiger partial charge in [-0.15, -0.1) is 5.10 Å². The number of fused-ring (bicyclic) bond motifs is 1. The number of benzene rings is 2.